The summed E-state index contributed by atoms with van der Waals surface area (Å²) in [7, 11) is 0. The number of carbonyl (C=O) groups excluding carboxylic acids is 1. The topological polar surface area (TPSA) is 100 Å². The third-order valence-corrected chi connectivity index (χ3v) is 3.23. The molecule has 1 aliphatic heterocycles. The van der Waals surface area contributed by atoms with Gasteiger partial charge in [-0.15, -0.1) is 0 Å². The third-order valence-electron chi connectivity index (χ3n) is 2.91. The quantitative estimate of drug-likeness (QED) is 0.331. The van der Waals surface area contributed by atoms with Crippen molar-refractivity contribution in [2.24, 2.45) is 10.9 Å². The average Bonchev–Trinajstić information content (AvgIpc) is 2.49. The molecular weight excluding hydrogens is 284 g/mol. The van der Waals surface area contributed by atoms with E-state index in [9.17, 15) is 4.79 Å². The summed E-state index contributed by atoms with van der Waals surface area (Å²) < 4.78 is 5.18. The van der Waals surface area contributed by atoms with E-state index in [0.717, 1.165) is 0 Å². The Labute approximate surface area is 120 Å². The molecule has 2 amide bonds. The zero-order valence-corrected chi connectivity index (χ0v) is 11.4. The summed E-state index contributed by atoms with van der Waals surface area (Å²) in [4.78, 5) is 13.7. The first-order valence-corrected chi connectivity index (χ1v) is 6.40. The van der Waals surface area contributed by atoms with Crippen molar-refractivity contribution in [2.45, 2.75) is 0 Å². The fraction of sp³-hybridized carbons (Fsp3) is 0.333. The molecule has 1 aromatic carbocycles. The minimum atomic E-state index is -0.230. The molecule has 20 heavy (non-hydrogen) atoms. The van der Waals surface area contributed by atoms with Gasteiger partial charge in [0.2, 0.25) is 0 Å². The highest BCUT2D eigenvalue weighted by Crippen LogP contribution is 2.23. The van der Waals surface area contributed by atoms with Crippen LogP contribution in [0.5, 0.6) is 0 Å². The van der Waals surface area contributed by atoms with Gasteiger partial charge in [0.1, 0.15) is 0 Å². The van der Waals surface area contributed by atoms with Crippen molar-refractivity contribution in [1.82, 2.24) is 4.90 Å². The summed E-state index contributed by atoms with van der Waals surface area (Å²) in [6.45, 7) is 2.16. The highest BCUT2D eigenvalue weighted by atomic mass is 35.5. The minimum Gasteiger partial charge on any atom is -0.409 e. The third kappa shape index (κ3) is 3.31. The van der Waals surface area contributed by atoms with E-state index in [4.69, 9.17) is 27.3 Å². The number of benzene rings is 1. The summed E-state index contributed by atoms with van der Waals surface area (Å²) in [5, 5.41) is 14.5. The first-order chi connectivity index (χ1) is 9.61. The smallest absolute Gasteiger partial charge is 0.322 e. The second kappa shape index (κ2) is 6.44. The summed E-state index contributed by atoms with van der Waals surface area (Å²) in [6.07, 6.45) is 0. The lowest BCUT2D eigenvalue weighted by Crippen LogP contribution is -2.43. The van der Waals surface area contributed by atoms with Crippen molar-refractivity contribution in [3.63, 3.8) is 0 Å². The van der Waals surface area contributed by atoms with E-state index in [1.165, 1.54) is 6.07 Å². The highest BCUT2D eigenvalue weighted by molar-refractivity contribution is 6.34. The molecule has 0 aliphatic carbocycles. The number of carbonyl (C=O) groups is 1. The first kappa shape index (κ1) is 14.4. The SMILES string of the molecule is N/C(=N/O)c1ccc(NC(=O)N2CCOCC2)c(Cl)c1. The van der Waals surface area contributed by atoms with E-state index in [0.29, 0.717) is 42.6 Å². The molecule has 0 aromatic heterocycles. The van der Waals surface area contributed by atoms with Crippen LogP contribution < -0.4 is 11.1 Å². The monoisotopic (exact) mass is 298 g/mol. The van der Waals surface area contributed by atoms with Gasteiger partial charge >= 0.3 is 6.03 Å². The molecule has 2 rings (SSSR count). The lowest BCUT2D eigenvalue weighted by Gasteiger charge is -2.27. The predicted molar refractivity (Wildman–Crippen MR) is 75.4 cm³/mol. The zero-order valence-electron chi connectivity index (χ0n) is 10.7. The van der Waals surface area contributed by atoms with E-state index in [1.807, 2.05) is 0 Å². The molecule has 0 atom stereocenters. The number of anilines is 1. The van der Waals surface area contributed by atoms with Gasteiger partial charge in [-0.3, -0.25) is 0 Å². The van der Waals surface area contributed by atoms with Gasteiger partial charge in [0.25, 0.3) is 0 Å². The molecule has 1 saturated heterocycles. The Hall–Kier alpha value is -1.99. The van der Waals surface area contributed by atoms with Crippen LogP contribution in [0, 0.1) is 0 Å². The van der Waals surface area contributed by atoms with Crippen LogP contribution in [0.4, 0.5) is 10.5 Å². The van der Waals surface area contributed by atoms with Crippen molar-refractivity contribution in [1.29, 1.82) is 0 Å². The fourth-order valence-electron chi connectivity index (χ4n) is 1.79. The number of amides is 2. The average molecular weight is 299 g/mol. The lowest BCUT2D eigenvalue weighted by atomic mass is 10.2. The normalized spacial score (nSPS) is 16.1. The molecule has 7 nitrogen and oxygen atoms in total. The molecule has 1 aromatic rings. The number of nitrogens with zero attached hydrogens (tertiary/aromatic N) is 2. The number of hydrogen-bond donors (Lipinski definition) is 3. The Kier molecular flexibility index (Phi) is 4.65. The van der Waals surface area contributed by atoms with Gasteiger partial charge in [-0.1, -0.05) is 16.8 Å². The molecule has 4 N–H and O–H groups in total. The molecule has 0 unspecified atom stereocenters. The van der Waals surface area contributed by atoms with Gasteiger partial charge in [0.15, 0.2) is 5.84 Å². The molecule has 0 spiro atoms. The summed E-state index contributed by atoms with van der Waals surface area (Å²) >= 11 is 6.06. The van der Waals surface area contributed by atoms with E-state index >= 15 is 0 Å². The van der Waals surface area contributed by atoms with Crippen LogP contribution in [0.2, 0.25) is 5.02 Å². The number of nitrogens with two attached hydrogens (primary N) is 1. The van der Waals surface area contributed by atoms with Gasteiger partial charge in [-0.2, -0.15) is 0 Å². The van der Waals surface area contributed by atoms with Gasteiger partial charge in [-0.25, -0.2) is 4.79 Å². The molecule has 1 aliphatic rings. The van der Waals surface area contributed by atoms with Crippen LogP contribution in [-0.4, -0.2) is 48.3 Å². The molecule has 1 fully saturated rings. The van der Waals surface area contributed by atoms with Gasteiger partial charge in [0, 0.05) is 18.7 Å². The number of amidine groups is 1. The van der Waals surface area contributed by atoms with Crippen LogP contribution >= 0.6 is 11.6 Å². The number of oxime groups is 1. The van der Waals surface area contributed by atoms with Crippen molar-refractivity contribution in [3.8, 4) is 0 Å². The molecular formula is C12H15ClN4O3. The summed E-state index contributed by atoms with van der Waals surface area (Å²) in [6, 6.07) is 4.50. The maximum atomic E-state index is 12.0. The van der Waals surface area contributed by atoms with Gasteiger partial charge in [-0.05, 0) is 18.2 Å². The van der Waals surface area contributed by atoms with Crippen LogP contribution in [-0.2, 0) is 4.74 Å². The van der Waals surface area contributed by atoms with E-state index in [2.05, 4.69) is 10.5 Å². The lowest BCUT2D eigenvalue weighted by molar-refractivity contribution is 0.0564. The number of urea groups is 1. The predicted octanol–water partition coefficient (Wildman–Crippen LogP) is 1.30. The van der Waals surface area contributed by atoms with Crippen LogP contribution in [0.25, 0.3) is 0 Å². The van der Waals surface area contributed by atoms with E-state index in [-0.39, 0.29) is 11.9 Å². The van der Waals surface area contributed by atoms with E-state index < -0.39 is 0 Å². The van der Waals surface area contributed by atoms with Crippen LogP contribution in [0.1, 0.15) is 5.56 Å². The number of nitrogens with one attached hydrogen (secondary N) is 1. The molecule has 1 heterocycles. The Morgan fingerprint density at radius 1 is 1.45 bits per heavy atom. The number of morpholine rings is 1. The summed E-state index contributed by atoms with van der Waals surface area (Å²) in [5.41, 5.74) is 6.41. The first-order valence-electron chi connectivity index (χ1n) is 6.03. The van der Waals surface area contributed by atoms with Crippen molar-refractivity contribution < 1.29 is 14.7 Å². The standard InChI is InChI=1S/C12H15ClN4O3/c13-9-7-8(11(14)16-19)1-2-10(9)15-12(18)17-3-5-20-6-4-17/h1-2,7,19H,3-6H2,(H2,14,16)(H,15,18). The molecule has 0 saturated carbocycles. The zero-order chi connectivity index (χ0) is 14.5. The second-order valence-electron chi connectivity index (χ2n) is 4.21. The van der Waals surface area contributed by atoms with Gasteiger partial charge in [0.05, 0.1) is 23.9 Å². The Balaban J connectivity index is 2.07. The van der Waals surface area contributed by atoms with E-state index in [1.54, 1.807) is 17.0 Å². The maximum Gasteiger partial charge on any atom is 0.322 e. The highest BCUT2D eigenvalue weighted by Gasteiger charge is 2.17. The summed E-state index contributed by atoms with van der Waals surface area (Å²) in [5.74, 6) is -0.0436. The van der Waals surface area contributed by atoms with Crippen molar-refractivity contribution in [2.75, 3.05) is 31.6 Å². The molecule has 0 bridgehead atoms. The molecule has 0 radical (unpaired) electrons. The second-order valence-corrected chi connectivity index (χ2v) is 4.62. The Morgan fingerprint density at radius 2 is 2.15 bits per heavy atom. The minimum absolute atomic E-state index is 0.0436. The number of ether oxygens (including phenoxy) is 1. The Bertz CT molecular complexity index is 529. The number of rotatable bonds is 2. The largest absolute Gasteiger partial charge is 0.409 e. The molecule has 108 valence electrons. The van der Waals surface area contributed by atoms with Gasteiger partial charge < -0.3 is 25.9 Å². The van der Waals surface area contributed by atoms with Crippen molar-refractivity contribution in [3.05, 3.63) is 28.8 Å². The molecule has 8 heteroatoms. The fourth-order valence-corrected chi connectivity index (χ4v) is 2.02. The Morgan fingerprint density at radius 3 is 2.75 bits per heavy atom. The number of hydrogen-bond acceptors (Lipinski definition) is 4. The number of halogens is 1. The van der Waals surface area contributed by atoms with Crippen LogP contribution in [0.3, 0.4) is 0 Å². The van der Waals surface area contributed by atoms with Crippen LogP contribution in [0.15, 0.2) is 23.4 Å². The van der Waals surface area contributed by atoms with Crippen molar-refractivity contribution >= 4 is 29.2 Å². The maximum absolute atomic E-state index is 12.0.